The second-order valence-corrected chi connectivity index (χ2v) is 8.36. The van der Waals surface area contributed by atoms with E-state index in [0.717, 1.165) is 29.0 Å². The first-order valence-electron chi connectivity index (χ1n) is 8.86. The standard InChI is InChI=1S/C19H22FN3OS.ClH/c1-11-18(13-2-4-14(20)5-3-13)23-19(25-11)22-17(24)10-12-8-15-6-7-16(9-12)21-15;/h2-5,12,15-16,21H,6-10H2,1H3,(H,22,23,24);1H. The number of carbonyl (C=O) groups is 1. The molecule has 0 radical (unpaired) electrons. The Morgan fingerprint density at radius 1 is 1.27 bits per heavy atom. The van der Waals surface area contributed by atoms with Crippen LogP contribution >= 0.6 is 23.7 Å². The molecule has 2 saturated heterocycles. The van der Waals surface area contributed by atoms with Gasteiger partial charge in [-0.3, -0.25) is 4.79 Å². The van der Waals surface area contributed by atoms with Gasteiger partial charge < -0.3 is 10.6 Å². The highest BCUT2D eigenvalue weighted by Gasteiger charge is 2.34. The molecule has 0 aliphatic carbocycles. The maximum Gasteiger partial charge on any atom is 0.226 e. The summed E-state index contributed by atoms with van der Waals surface area (Å²) in [6.45, 7) is 1.97. The van der Waals surface area contributed by atoms with Gasteiger partial charge in [-0.15, -0.1) is 23.7 Å². The fourth-order valence-electron chi connectivity index (χ4n) is 4.10. The van der Waals surface area contributed by atoms with Crippen molar-refractivity contribution in [2.24, 2.45) is 5.92 Å². The fourth-order valence-corrected chi connectivity index (χ4v) is 4.95. The van der Waals surface area contributed by atoms with Gasteiger partial charge >= 0.3 is 0 Å². The molecule has 2 fully saturated rings. The molecule has 2 N–H and O–H groups in total. The van der Waals surface area contributed by atoms with Gasteiger partial charge in [0.1, 0.15) is 5.82 Å². The van der Waals surface area contributed by atoms with Crippen molar-refractivity contribution in [3.63, 3.8) is 0 Å². The van der Waals surface area contributed by atoms with Crippen molar-refractivity contribution in [2.75, 3.05) is 5.32 Å². The summed E-state index contributed by atoms with van der Waals surface area (Å²) in [6, 6.07) is 7.49. The first kappa shape index (κ1) is 19.3. The second kappa shape index (κ2) is 8.03. The zero-order valence-corrected chi connectivity index (χ0v) is 16.3. The van der Waals surface area contributed by atoms with Crippen LogP contribution in [0.5, 0.6) is 0 Å². The Morgan fingerprint density at radius 3 is 2.58 bits per heavy atom. The first-order chi connectivity index (χ1) is 12.1. The van der Waals surface area contributed by atoms with E-state index in [4.69, 9.17) is 0 Å². The van der Waals surface area contributed by atoms with Gasteiger partial charge in [0.25, 0.3) is 0 Å². The third-order valence-corrected chi connectivity index (χ3v) is 6.09. The lowest BCUT2D eigenvalue weighted by Crippen LogP contribution is -2.39. The molecule has 1 aromatic heterocycles. The number of nitrogens with zero attached hydrogens (tertiary/aromatic N) is 1. The number of halogens is 2. The first-order valence-corrected chi connectivity index (χ1v) is 9.68. The molecule has 1 amide bonds. The van der Waals surface area contributed by atoms with Gasteiger partial charge in [0, 0.05) is 28.9 Å². The molecule has 26 heavy (non-hydrogen) atoms. The predicted molar refractivity (Wildman–Crippen MR) is 105 cm³/mol. The van der Waals surface area contributed by atoms with E-state index in [1.807, 2.05) is 6.92 Å². The van der Waals surface area contributed by atoms with Crippen molar-refractivity contribution in [2.45, 2.75) is 51.1 Å². The third kappa shape index (κ3) is 4.24. The lowest BCUT2D eigenvalue weighted by molar-refractivity contribution is -0.117. The van der Waals surface area contributed by atoms with E-state index in [1.54, 1.807) is 12.1 Å². The average Bonchev–Trinajstić information content (AvgIpc) is 3.10. The molecule has 3 heterocycles. The SMILES string of the molecule is Cc1sc(NC(=O)CC2CC3CCC(C2)N3)nc1-c1ccc(F)cc1.Cl. The molecular formula is C19H23ClFN3OS. The van der Waals surface area contributed by atoms with Crippen molar-refractivity contribution in [1.29, 1.82) is 0 Å². The van der Waals surface area contributed by atoms with Crippen LogP contribution in [0.3, 0.4) is 0 Å². The predicted octanol–water partition coefficient (Wildman–Crippen LogP) is 4.54. The molecule has 1 aromatic carbocycles. The summed E-state index contributed by atoms with van der Waals surface area (Å²) in [7, 11) is 0. The zero-order valence-electron chi connectivity index (χ0n) is 14.6. The molecule has 2 bridgehead atoms. The Bertz CT molecular complexity index is 768. The van der Waals surface area contributed by atoms with E-state index in [9.17, 15) is 9.18 Å². The molecule has 2 aromatic rings. The topological polar surface area (TPSA) is 54.0 Å². The van der Waals surface area contributed by atoms with E-state index in [-0.39, 0.29) is 24.1 Å². The normalized spacial score (nSPS) is 24.2. The number of nitrogens with one attached hydrogen (secondary N) is 2. The number of fused-ring (bicyclic) bond motifs is 2. The highest BCUT2D eigenvalue weighted by Crippen LogP contribution is 2.34. The largest absolute Gasteiger partial charge is 0.311 e. The van der Waals surface area contributed by atoms with Gasteiger partial charge in [-0.25, -0.2) is 9.37 Å². The summed E-state index contributed by atoms with van der Waals surface area (Å²) in [5.74, 6) is 0.253. The fraction of sp³-hybridized carbons (Fsp3) is 0.474. The van der Waals surface area contributed by atoms with E-state index in [2.05, 4.69) is 15.6 Å². The van der Waals surface area contributed by atoms with Crippen LogP contribution < -0.4 is 10.6 Å². The molecule has 0 spiro atoms. The van der Waals surface area contributed by atoms with Crippen LogP contribution in [0.1, 0.15) is 37.0 Å². The lowest BCUT2D eigenvalue weighted by Gasteiger charge is -2.28. The molecule has 2 unspecified atom stereocenters. The second-order valence-electron chi connectivity index (χ2n) is 7.16. The Morgan fingerprint density at radius 2 is 1.92 bits per heavy atom. The van der Waals surface area contributed by atoms with Crippen molar-refractivity contribution in [3.05, 3.63) is 35.0 Å². The summed E-state index contributed by atoms with van der Waals surface area (Å²) in [4.78, 5) is 18.0. The Hall–Kier alpha value is -1.50. The van der Waals surface area contributed by atoms with Crippen LogP contribution in [-0.4, -0.2) is 23.0 Å². The number of benzene rings is 1. The molecule has 7 heteroatoms. The van der Waals surface area contributed by atoms with Crippen LogP contribution in [0.4, 0.5) is 9.52 Å². The molecule has 4 rings (SSSR count). The number of aromatic nitrogens is 1. The monoisotopic (exact) mass is 395 g/mol. The van der Waals surface area contributed by atoms with Gasteiger partial charge in [-0.1, -0.05) is 0 Å². The van der Waals surface area contributed by atoms with E-state index >= 15 is 0 Å². The number of hydrogen-bond donors (Lipinski definition) is 2. The summed E-state index contributed by atoms with van der Waals surface area (Å²) in [5.41, 5.74) is 1.67. The molecule has 2 aliphatic heterocycles. The number of piperidine rings is 1. The highest BCUT2D eigenvalue weighted by molar-refractivity contribution is 7.16. The summed E-state index contributed by atoms with van der Waals surface area (Å²) in [6.07, 6.45) is 5.26. The van der Waals surface area contributed by atoms with E-state index < -0.39 is 0 Å². The van der Waals surface area contributed by atoms with E-state index in [0.29, 0.717) is 29.6 Å². The average molecular weight is 396 g/mol. The molecule has 140 valence electrons. The smallest absolute Gasteiger partial charge is 0.226 e. The number of anilines is 1. The Kier molecular flexibility index (Phi) is 5.95. The van der Waals surface area contributed by atoms with Gasteiger partial charge in [0.05, 0.1) is 5.69 Å². The zero-order chi connectivity index (χ0) is 17.4. The minimum Gasteiger partial charge on any atom is -0.311 e. The Balaban J connectivity index is 0.00000196. The maximum atomic E-state index is 13.1. The number of amides is 1. The lowest BCUT2D eigenvalue weighted by atomic mass is 9.89. The number of carbonyl (C=O) groups excluding carboxylic acids is 1. The van der Waals surface area contributed by atoms with Crippen LogP contribution in [0.2, 0.25) is 0 Å². The molecule has 2 aliphatic rings. The minimum atomic E-state index is -0.263. The van der Waals surface area contributed by atoms with Crippen molar-refractivity contribution in [3.8, 4) is 11.3 Å². The van der Waals surface area contributed by atoms with Crippen LogP contribution in [0.15, 0.2) is 24.3 Å². The van der Waals surface area contributed by atoms with Gasteiger partial charge in [-0.2, -0.15) is 0 Å². The van der Waals surface area contributed by atoms with Gasteiger partial charge in [-0.05, 0) is 62.8 Å². The molecular weight excluding hydrogens is 373 g/mol. The summed E-state index contributed by atoms with van der Waals surface area (Å²) >= 11 is 1.47. The highest BCUT2D eigenvalue weighted by atomic mass is 35.5. The van der Waals surface area contributed by atoms with Crippen LogP contribution in [0.25, 0.3) is 11.3 Å². The maximum absolute atomic E-state index is 13.1. The molecule has 4 nitrogen and oxygen atoms in total. The van der Waals surface area contributed by atoms with Crippen molar-refractivity contribution < 1.29 is 9.18 Å². The number of rotatable bonds is 4. The third-order valence-electron chi connectivity index (χ3n) is 5.21. The van der Waals surface area contributed by atoms with Crippen molar-refractivity contribution >= 4 is 34.8 Å². The minimum absolute atomic E-state index is 0. The summed E-state index contributed by atoms with van der Waals surface area (Å²) in [5, 5.41) is 7.19. The van der Waals surface area contributed by atoms with Gasteiger partial charge in [0.15, 0.2) is 5.13 Å². The Labute approximate surface area is 163 Å². The van der Waals surface area contributed by atoms with Gasteiger partial charge in [0.2, 0.25) is 5.91 Å². The van der Waals surface area contributed by atoms with Crippen LogP contribution in [0, 0.1) is 18.7 Å². The number of aryl methyl sites for hydroxylation is 1. The quantitative estimate of drug-likeness (QED) is 0.799. The number of hydrogen-bond acceptors (Lipinski definition) is 4. The number of thiazole rings is 1. The van der Waals surface area contributed by atoms with E-state index in [1.165, 1.54) is 36.3 Å². The molecule has 0 saturated carbocycles. The van der Waals surface area contributed by atoms with Crippen LogP contribution in [-0.2, 0) is 4.79 Å². The van der Waals surface area contributed by atoms with Crippen molar-refractivity contribution in [1.82, 2.24) is 10.3 Å². The molecule has 2 atom stereocenters. The summed E-state index contributed by atoms with van der Waals surface area (Å²) < 4.78 is 13.1.